The fourth-order valence-corrected chi connectivity index (χ4v) is 2.52. The number of aliphatic imine (C=N–C) groups is 1. The highest BCUT2D eigenvalue weighted by atomic mass is 35.5. The van der Waals surface area contributed by atoms with Gasteiger partial charge >= 0.3 is 0 Å². The molecule has 3 N–H and O–H groups in total. The molecular formula is C13H12Cl2N4S. The summed E-state index contributed by atoms with van der Waals surface area (Å²) in [6.07, 6.45) is 1.51. The van der Waals surface area contributed by atoms with E-state index < -0.39 is 0 Å². The van der Waals surface area contributed by atoms with E-state index in [9.17, 15) is 0 Å². The van der Waals surface area contributed by atoms with Gasteiger partial charge in [-0.25, -0.2) is 10.4 Å². The molecule has 1 aromatic carbocycles. The van der Waals surface area contributed by atoms with Crippen molar-refractivity contribution in [1.82, 2.24) is 5.43 Å². The minimum absolute atomic E-state index is 0.234. The largest absolute Gasteiger partial charge is 0.369 e. The van der Waals surface area contributed by atoms with E-state index in [0.717, 1.165) is 4.88 Å². The predicted octanol–water partition coefficient (Wildman–Crippen LogP) is 3.49. The lowest BCUT2D eigenvalue weighted by atomic mass is 10.2. The summed E-state index contributed by atoms with van der Waals surface area (Å²) in [4.78, 5) is 5.29. The third-order valence-corrected chi connectivity index (χ3v) is 3.88. The van der Waals surface area contributed by atoms with E-state index in [1.54, 1.807) is 29.5 Å². The van der Waals surface area contributed by atoms with Crippen LogP contribution in [0.2, 0.25) is 10.0 Å². The molecule has 0 atom stereocenters. The average Bonchev–Trinajstić information content (AvgIpc) is 2.93. The standard InChI is InChI=1S/C13H12Cl2N4S/c14-11-4-1-5-12(15)10(11)8-18-19-13(16)17-7-9-3-2-6-20-9/h1-6,8H,7H2,(H3,16,17,19)/b18-8+. The van der Waals surface area contributed by atoms with Gasteiger partial charge in [-0.1, -0.05) is 35.3 Å². The van der Waals surface area contributed by atoms with Crippen LogP contribution in [0.1, 0.15) is 10.4 Å². The molecule has 0 saturated carbocycles. The summed E-state index contributed by atoms with van der Waals surface area (Å²) in [5.41, 5.74) is 8.96. The number of nitrogens with two attached hydrogens (primary N) is 1. The van der Waals surface area contributed by atoms with Crippen LogP contribution in [0.15, 0.2) is 45.8 Å². The number of thiophene rings is 1. The molecule has 0 radical (unpaired) electrons. The van der Waals surface area contributed by atoms with Crippen molar-refractivity contribution in [2.75, 3.05) is 0 Å². The van der Waals surface area contributed by atoms with Crippen LogP contribution in [-0.4, -0.2) is 12.2 Å². The van der Waals surface area contributed by atoms with Gasteiger partial charge < -0.3 is 5.73 Å². The monoisotopic (exact) mass is 326 g/mol. The third kappa shape index (κ3) is 4.23. The van der Waals surface area contributed by atoms with Crippen molar-refractivity contribution in [3.05, 3.63) is 56.2 Å². The Morgan fingerprint density at radius 2 is 2.00 bits per heavy atom. The molecule has 7 heteroatoms. The molecule has 2 aromatic rings. The summed E-state index contributed by atoms with van der Waals surface area (Å²) in [5, 5.41) is 7.01. The van der Waals surface area contributed by atoms with Gasteiger partial charge in [0.15, 0.2) is 0 Å². The van der Waals surface area contributed by atoms with Crippen molar-refractivity contribution >= 4 is 46.7 Å². The predicted molar refractivity (Wildman–Crippen MR) is 86.8 cm³/mol. The van der Waals surface area contributed by atoms with E-state index in [0.29, 0.717) is 22.2 Å². The van der Waals surface area contributed by atoms with Crippen molar-refractivity contribution in [2.24, 2.45) is 15.8 Å². The Balaban J connectivity index is 1.94. The van der Waals surface area contributed by atoms with Gasteiger partial charge in [0.25, 0.3) is 0 Å². The smallest absolute Gasteiger partial charge is 0.209 e. The van der Waals surface area contributed by atoms with Crippen LogP contribution in [0.4, 0.5) is 0 Å². The number of hydrogen-bond acceptors (Lipinski definition) is 3. The van der Waals surface area contributed by atoms with E-state index in [2.05, 4.69) is 15.5 Å². The molecule has 0 aliphatic carbocycles. The highest BCUT2D eigenvalue weighted by Crippen LogP contribution is 2.21. The molecule has 0 spiro atoms. The Labute approximate surface area is 130 Å². The van der Waals surface area contributed by atoms with Crippen LogP contribution < -0.4 is 11.2 Å². The molecule has 0 amide bonds. The number of rotatable bonds is 4. The van der Waals surface area contributed by atoms with Crippen LogP contribution in [0.3, 0.4) is 0 Å². The zero-order valence-electron chi connectivity index (χ0n) is 10.4. The van der Waals surface area contributed by atoms with Gasteiger partial charge in [-0.05, 0) is 23.6 Å². The van der Waals surface area contributed by atoms with E-state index in [1.165, 1.54) is 6.21 Å². The van der Waals surface area contributed by atoms with Gasteiger partial charge in [0.2, 0.25) is 5.96 Å². The first-order valence-electron chi connectivity index (χ1n) is 5.72. The van der Waals surface area contributed by atoms with Crippen molar-refractivity contribution in [1.29, 1.82) is 0 Å². The quantitative estimate of drug-likeness (QED) is 0.513. The zero-order valence-corrected chi connectivity index (χ0v) is 12.7. The number of hydrogen-bond donors (Lipinski definition) is 2. The maximum absolute atomic E-state index is 6.01. The summed E-state index contributed by atoms with van der Waals surface area (Å²) in [7, 11) is 0. The maximum atomic E-state index is 6.01. The molecule has 20 heavy (non-hydrogen) atoms. The number of halogens is 2. The number of nitrogens with zero attached hydrogens (tertiary/aromatic N) is 2. The summed E-state index contributed by atoms with van der Waals surface area (Å²) >= 11 is 13.6. The number of hydrazone groups is 1. The van der Waals surface area contributed by atoms with E-state index in [-0.39, 0.29) is 5.96 Å². The molecule has 0 saturated heterocycles. The SMILES string of the molecule is NC(=NCc1cccs1)N/N=C/c1c(Cl)cccc1Cl. The first-order chi connectivity index (χ1) is 9.66. The number of guanidine groups is 1. The highest BCUT2D eigenvalue weighted by Gasteiger charge is 2.01. The van der Waals surface area contributed by atoms with Crippen LogP contribution in [-0.2, 0) is 6.54 Å². The Kier molecular flexibility index (Phi) is 5.40. The van der Waals surface area contributed by atoms with Crippen LogP contribution in [0.5, 0.6) is 0 Å². The fraction of sp³-hybridized carbons (Fsp3) is 0.0769. The first-order valence-corrected chi connectivity index (χ1v) is 7.36. The molecule has 0 bridgehead atoms. The second kappa shape index (κ2) is 7.28. The molecular weight excluding hydrogens is 315 g/mol. The van der Waals surface area contributed by atoms with Crippen molar-refractivity contribution in [3.8, 4) is 0 Å². The Morgan fingerprint density at radius 3 is 2.65 bits per heavy atom. The molecule has 1 aromatic heterocycles. The third-order valence-electron chi connectivity index (χ3n) is 2.36. The van der Waals surface area contributed by atoms with Gasteiger partial charge in [-0.3, -0.25) is 0 Å². The lowest BCUT2D eigenvalue weighted by molar-refractivity contribution is 0.971. The lowest BCUT2D eigenvalue weighted by Crippen LogP contribution is -2.27. The first kappa shape index (κ1) is 14.8. The lowest BCUT2D eigenvalue weighted by Gasteiger charge is -2.01. The maximum Gasteiger partial charge on any atom is 0.209 e. The van der Waals surface area contributed by atoms with Crippen molar-refractivity contribution in [2.45, 2.75) is 6.54 Å². The Morgan fingerprint density at radius 1 is 1.25 bits per heavy atom. The second-order valence-corrected chi connectivity index (χ2v) is 5.63. The summed E-state index contributed by atoms with van der Waals surface area (Å²) in [6.45, 7) is 0.527. The Hall–Kier alpha value is -1.56. The van der Waals surface area contributed by atoms with Crippen LogP contribution in [0, 0.1) is 0 Å². The minimum Gasteiger partial charge on any atom is -0.369 e. The molecule has 0 aliphatic rings. The molecule has 0 aliphatic heterocycles. The van der Waals surface area contributed by atoms with E-state index >= 15 is 0 Å². The molecule has 1 heterocycles. The van der Waals surface area contributed by atoms with Crippen LogP contribution >= 0.6 is 34.5 Å². The summed E-state index contributed by atoms with van der Waals surface area (Å²) in [6, 6.07) is 9.21. The number of nitrogens with one attached hydrogen (secondary N) is 1. The van der Waals surface area contributed by atoms with Gasteiger partial charge in [0, 0.05) is 10.4 Å². The van der Waals surface area contributed by atoms with Gasteiger partial charge in [0.05, 0.1) is 22.8 Å². The molecule has 0 unspecified atom stereocenters. The van der Waals surface area contributed by atoms with Gasteiger partial charge in [0.1, 0.15) is 0 Å². The van der Waals surface area contributed by atoms with Crippen molar-refractivity contribution in [3.63, 3.8) is 0 Å². The molecule has 0 fully saturated rings. The average molecular weight is 327 g/mol. The van der Waals surface area contributed by atoms with Crippen molar-refractivity contribution < 1.29 is 0 Å². The minimum atomic E-state index is 0.234. The van der Waals surface area contributed by atoms with E-state index in [1.807, 2.05) is 17.5 Å². The zero-order chi connectivity index (χ0) is 14.4. The normalized spacial score (nSPS) is 12.0. The Bertz CT molecular complexity index is 603. The topological polar surface area (TPSA) is 62.8 Å². The molecule has 2 rings (SSSR count). The molecule has 4 nitrogen and oxygen atoms in total. The van der Waals surface area contributed by atoms with Gasteiger partial charge in [-0.2, -0.15) is 5.10 Å². The van der Waals surface area contributed by atoms with Crippen LogP contribution in [0.25, 0.3) is 0 Å². The van der Waals surface area contributed by atoms with E-state index in [4.69, 9.17) is 28.9 Å². The fourth-order valence-electron chi connectivity index (χ4n) is 1.40. The summed E-state index contributed by atoms with van der Waals surface area (Å²) in [5.74, 6) is 0.234. The van der Waals surface area contributed by atoms with Gasteiger partial charge in [-0.15, -0.1) is 11.3 Å². The highest BCUT2D eigenvalue weighted by molar-refractivity contribution is 7.09. The second-order valence-electron chi connectivity index (χ2n) is 3.79. The number of benzene rings is 1. The molecule has 104 valence electrons. The summed E-state index contributed by atoms with van der Waals surface area (Å²) < 4.78 is 0.